The molecule has 0 heterocycles. The minimum Gasteiger partial charge on any atom is -0.450 e. The molecule has 0 aromatic heterocycles. The minimum absolute atomic E-state index is 0.272. The summed E-state index contributed by atoms with van der Waals surface area (Å²) in [7, 11) is 0. The summed E-state index contributed by atoms with van der Waals surface area (Å²) >= 11 is 0. The highest BCUT2D eigenvalue weighted by atomic mass is 16.7. The second-order valence-corrected chi connectivity index (χ2v) is 3.49. The monoisotopic (exact) mass is 218 g/mol. The van der Waals surface area contributed by atoms with Gasteiger partial charge in [-0.15, -0.1) is 0 Å². The van der Waals surface area contributed by atoms with Gasteiger partial charge in [0.25, 0.3) is 0 Å². The van der Waals surface area contributed by atoms with Crippen LogP contribution in [0.2, 0.25) is 0 Å². The van der Waals surface area contributed by atoms with Crippen molar-refractivity contribution < 1.29 is 19.4 Å². The number of ether oxygens (including phenoxy) is 2. The first kappa shape index (κ1) is 14.2. The maximum Gasteiger partial charge on any atom is 0.505 e. The summed E-state index contributed by atoms with van der Waals surface area (Å²) in [5.74, 6) is 0. The lowest BCUT2D eigenvalue weighted by atomic mass is 10.2. The average Bonchev–Trinajstić information content (AvgIpc) is 2.20. The third-order valence-corrected chi connectivity index (χ3v) is 2.05. The summed E-state index contributed by atoms with van der Waals surface area (Å²) in [5, 5.41) is 8.18. The zero-order chi connectivity index (χ0) is 11.4. The van der Waals surface area contributed by atoms with Crippen molar-refractivity contribution in [2.45, 2.75) is 45.4 Å². The number of carbonyl (C=O) groups is 1. The van der Waals surface area contributed by atoms with Crippen molar-refractivity contribution in [1.82, 2.24) is 0 Å². The van der Waals surface area contributed by atoms with Gasteiger partial charge in [-0.3, -0.25) is 0 Å². The highest BCUT2D eigenvalue weighted by molar-refractivity contribution is 5.56. The first-order valence-corrected chi connectivity index (χ1v) is 5.70. The molecule has 0 atom stereocenters. The fraction of sp³-hybridized carbons (Fsp3) is 0.909. The van der Waals surface area contributed by atoms with Crippen molar-refractivity contribution in [2.24, 2.45) is 0 Å². The van der Waals surface area contributed by atoms with E-state index >= 15 is 0 Å². The van der Waals surface area contributed by atoms with Crippen molar-refractivity contribution in [3.63, 3.8) is 0 Å². The maximum absolute atomic E-state index is 9.98. The van der Waals surface area contributed by atoms with E-state index in [2.05, 4.69) is 11.7 Å². The Balaban J connectivity index is 2.89. The molecule has 0 aliphatic rings. The number of unbranched alkanes of at least 4 members (excludes halogenated alkanes) is 4. The zero-order valence-corrected chi connectivity index (χ0v) is 9.54. The summed E-state index contributed by atoms with van der Waals surface area (Å²) in [6, 6.07) is 0. The van der Waals surface area contributed by atoms with Crippen molar-refractivity contribution in [2.75, 3.05) is 19.8 Å². The zero-order valence-electron chi connectivity index (χ0n) is 9.54. The van der Waals surface area contributed by atoms with Crippen LogP contribution in [0.25, 0.3) is 0 Å². The van der Waals surface area contributed by atoms with Gasteiger partial charge >= 0.3 is 6.16 Å². The highest BCUT2D eigenvalue weighted by Gasteiger charge is 1.95. The van der Waals surface area contributed by atoms with Gasteiger partial charge in [0.1, 0.15) is 0 Å². The summed E-state index contributed by atoms with van der Waals surface area (Å²) in [4.78, 5) is 9.98. The summed E-state index contributed by atoms with van der Waals surface area (Å²) in [6.07, 6.45) is 5.28. The molecular formula is C11H22O4. The van der Waals surface area contributed by atoms with Crippen LogP contribution < -0.4 is 0 Å². The van der Waals surface area contributed by atoms with Gasteiger partial charge in [-0.25, -0.2) is 4.79 Å². The molecule has 0 fully saturated rings. The Kier molecular flexibility index (Phi) is 10.7. The van der Waals surface area contributed by atoms with E-state index in [4.69, 9.17) is 9.84 Å². The fourth-order valence-corrected chi connectivity index (χ4v) is 1.20. The van der Waals surface area contributed by atoms with Crippen LogP contribution in [0.4, 0.5) is 4.79 Å². The quantitative estimate of drug-likeness (QED) is 0.452. The molecule has 0 spiro atoms. The molecule has 0 amide bonds. The van der Waals surface area contributed by atoms with Crippen molar-refractivity contribution in [3.8, 4) is 0 Å². The minimum atomic E-state index is -1.20. The molecule has 0 rings (SSSR count). The van der Waals surface area contributed by atoms with Crippen LogP contribution in [-0.4, -0.2) is 31.1 Å². The Hall–Kier alpha value is -0.770. The molecule has 4 heteroatoms. The van der Waals surface area contributed by atoms with E-state index in [0.29, 0.717) is 6.61 Å². The summed E-state index contributed by atoms with van der Waals surface area (Å²) in [6.45, 7) is 3.98. The molecule has 0 bridgehead atoms. The molecule has 0 aromatic rings. The van der Waals surface area contributed by atoms with Crippen molar-refractivity contribution in [3.05, 3.63) is 0 Å². The maximum atomic E-state index is 9.98. The molecular weight excluding hydrogens is 196 g/mol. The van der Waals surface area contributed by atoms with E-state index in [9.17, 15) is 4.79 Å². The number of hydrogen-bond donors (Lipinski definition) is 1. The second kappa shape index (κ2) is 11.3. The molecule has 0 aliphatic carbocycles. The third-order valence-electron chi connectivity index (χ3n) is 2.05. The van der Waals surface area contributed by atoms with E-state index in [0.717, 1.165) is 25.9 Å². The Morgan fingerprint density at radius 3 is 2.20 bits per heavy atom. The summed E-state index contributed by atoms with van der Waals surface area (Å²) < 4.78 is 9.75. The molecule has 4 nitrogen and oxygen atoms in total. The lowest BCUT2D eigenvalue weighted by molar-refractivity contribution is 0.0828. The van der Waals surface area contributed by atoms with Crippen LogP contribution in [0.3, 0.4) is 0 Å². The molecule has 0 saturated heterocycles. The first-order valence-electron chi connectivity index (χ1n) is 5.70. The van der Waals surface area contributed by atoms with Gasteiger partial charge in [-0.2, -0.15) is 0 Å². The smallest absolute Gasteiger partial charge is 0.450 e. The molecule has 0 aliphatic heterocycles. The normalized spacial score (nSPS) is 10.2. The number of rotatable bonds is 10. The molecule has 0 aromatic carbocycles. The van der Waals surface area contributed by atoms with Crippen LogP contribution in [0.1, 0.15) is 45.4 Å². The van der Waals surface area contributed by atoms with Crippen LogP contribution in [0.5, 0.6) is 0 Å². The van der Waals surface area contributed by atoms with Crippen molar-refractivity contribution >= 4 is 6.16 Å². The Morgan fingerprint density at radius 1 is 1.00 bits per heavy atom. The highest BCUT2D eigenvalue weighted by Crippen LogP contribution is 1.99. The van der Waals surface area contributed by atoms with Gasteiger partial charge in [0.15, 0.2) is 0 Å². The topological polar surface area (TPSA) is 55.8 Å². The van der Waals surface area contributed by atoms with Crippen LogP contribution >= 0.6 is 0 Å². The van der Waals surface area contributed by atoms with Crippen LogP contribution in [-0.2, 0) is 9.47 Å². The largest absolute Gasteiger partial charge is 0.505 e. The van der Waals surface area contributed by atoms with E-state index in [1.54, 1.807) is 0 Å². The second-order valence-electron chi connectivity index (χ2n) is 3.49. The lowest BCUT2D eigenvalue weighted by Crippen LogP contribution is -2.03. The Morgan fingerprint density at radius 2 is 1.60 bits per heavy atom. The van der Waals surface area contributed by atoms with Gasteiger partial charge in [-0.1, -0.05) is 26.2 Å². The first-order chi connectivity index (χ1) is 7.27. The van der Waals surface area contributed by atoms with E-state index in [1.165, 1.54) is 19.3 Å². The van der Waals surface area contributed by atoms with Gasteiger partial charge < -0.3 is 14.6 Å². The van der Waals surface area contributed by atoms with Gasteiger partial charge in [-0.05, 0) is 19.3 Å². The number of carboxylic acid groups (broad SMARTS) is 1. The van der Waals surface area contributed by atoms with Gasteiger partial charge in [0.2, 0.25) is 0 Å². The van der Waals surface area contributed by atoms with Gasteiger partial charge in [0, 0.05) is 13.2 Å². The molecule has 0 radical (unpaired) electrons. The predicted octanol–water partition coefficient (Wildman–Crippen LogP) is 3.06. The summed E-state index contributed by atoms with van der Waals surface area (Å²) in [5.41, 5.74) is 0. The Labute approximate surface area is 91.6 Å². The predicted molar refractivity (Wildman–Crippen MR) is 58.2 cm³/mol. The molecule has 1 N–H and O–H groups in total. The molecule has 0 saturated carbocycles. The molecule has 0 unspecified atom stereocenters. The third kappa shape index (κ3) is 13.2. The average molecular weight is 218 g/mol. The van der Waals surface area contributed by atoms with Crippen LogP contribution in [0, 0.1) is 0 Å². The SMILES string of the molecule is CCCCCCOCCCCOC(=O)O. The van der Waals surface area contributed by atoms with Crippen LogP contribution in [0.15, 0.2) is 0 Å². The fourth-order valence-electron chi connectivity index (χ4n) is 1.20. The lowest BCUT2D eigenvalue weighted by Gasteiger charge is -2.03. The van der Waals surface area contributed by atoms with E-state index < -0.39 is 6.16 Å². The standard InChI is InChI=1S/C11H22O4/c1-2-3-4-5-8-14-9-6-7-10-15-11(12)13/h2-10H2,1H3,(H,12,13). The molecule has 15 heavy (non-hydrogen) atoms. The van der Waals surface area contributed by atoms with Gasteiger partial charge in [0.05, 0.1) is 6.61 Å². The number of hydrogen-bond acceptors (Lipinski definition) is 3. The van der Waals surface area contributed by atoms with Crippen molar-refractivity contribution in [1.29, 1.82) is 0 Å². The molecule has 90 valence electrons. The van der Waals surface area contributed by atoms with E-state index in [-0.39, 0.29) is 6.61 Å². The van der Waals surface area contributed by atoms with E-state index in [1.807, 2.05) is 0 Å². The Bertz CT molecular complexity index is 148.